The Bertz CT molecular complexity index is 2870. The zero-order chi connectivity index (χ0) is 71.4. The first-order chi connectivity index (χ1) is 46.2. The van der Waals surface area contributed by atoms with E-state index in [0.29, 0.717) is 31.3 Å². The van der Waals surface area contributed by atoms with Crippen molar-refractivity contribution in [1.29, 1.82) is 0 Å². The number of aliphatic hydroxyl groups excluding tert-OH is 14. The molecule has 3 saturated carbocycles. The van der Waals surface area contributed by atoms with Crippen molar-refractivity contribution in [3.8, 4) is 0 Å². The van der Waals surface area contributed by atoms with Crippen molar-refractivity contribution in [3.63, 3.8) is 0 Å². The summed E-state index contributed by atoms with van der Waals surface area (Å²) in [5, 5.41) is 156. The molecule has 0 radical (unpaired) electrons. The molecule has 11 aliphatic rings. The maximum atomic E-state index is 14.5. The molecule has 7 heterocycles. The smallest absolute Gasteiger partial charge is 0.314 e. The summed E-state index contributed by atoms with van der Waals surface area (Å²) in [6.07, 6.45) is -41.6. The van der Waals surface area contributed by atoms with E-state index in [0.717, 1.165) is 5.57 Å². The Balaban J connectivity index is 0.818. The number of methoxy groups -OCH3 is 2. The number of aliphatic hydroxyl groups is 14. The highest BCUT2D eigenvalue weighted by molar-refractivity contribution is 5.99. The van der Waals surface area contributed by atoms with Crippen molar-refractivity contribution in [2.75, 3.05) is 47.3 Å². The highest BCUT2D eigenvalue weighted by Gasteiger charge is 2.79. The van der Waals surface area contributed by atoms with E-state index in [1.165, 1.54) is 21.1 Å². The van der Waals surface area contributed by atoms with Crippen LogP contribution >= 0.6 is 0 Å². The maximum Gasteiger partial charge on any atom is 0.314 e. The first kappa shape index (κ1) is 76.3. The van der Waals surface area contributed by atoms with Gasteiger partial charge in [0, 0.05) is 27.1 Å². The molecule has 0 aromatic rings. The summed E-state index contributed by atoms with van der Waals surface area (Å²) in [5.74, 6) is -1.65. The SMILES string of the molecule is C=C(C)C(=O)CCC1(C)OC(=O)C23CC=C4C(CCC5C4(C)CCC(OC4OCC(OC6OC(CO)C(OC7OC(CO)C(O)C(OC)C7O)C(O)C6O)C(O)C4OC4OC(C)C(OC6OCC(O)C(OC7OC(CO)C(O)C(OC)C7O)C6O)C(O)C4O)C5(C)C)C2(C)CC(=O)C13. The Hall–Kier alpha value is -2.83. The van der Waals surface area contributed by atoms with Crippen molar-refractivity contribution in [2.24, 2.45) is 39.4 Å². The minimum absolute atomic E-state index is 0.0556. The third kappa shape index (κ3) is 13.0. The van der Waals surface area contributed by atoms with Crippen LogP contribution in [-0.2, 0) is 85.4 Å². The first-order valence-electron chi connectivity index (χ1n) is 34.0. The number of Topliss-reactive ketones (excluding diaryl/α,β-unsaturated/α-hetero) is 2. The third-order valence-corrected chi connectivity index (χ3v) is 24.0. The summed E-state index contributed by atoms with van der Waals surface area (Å²) in [6.45, 7) is 13.6. The van der Waals surface area contributed by atoms with Crippen molar-refractivity contribution in [2.45, 2.75) is 284 Å². The van der Waals surface area contributed by atoms with Gasteiger partial charge in [-0.1, -0.05) is 45.9 Å². The lowest BCUT2D eigenvalue weighted by Crippen LogP contribution is -2.67. The Kier molecular flexibility index (Phi) is 22.8. The van der Waals surface area contributed by atoms with Gasteiger partial charge in [-0.25, -0.2) is 0 Å². The molecular weight excluding hydrogens is 1300 g/mol. The van der Waals surface area contributed by atoms with Gasteiger partial charge in [0.1, 0.15) is 140 Å². The molecule has 1 spiro atoms. The van der Waals surface area contributed by atoms with Gasteiger partial charge in [0.05, 0.1) is 56.6 Å². The van der Waals surface area contributed by atoms with Crippen LogP contribution in [0.2, 0.25) is 0 Å². The molecule has 7 saturated heterocycles. The van der Waals surface area contributed by atoms with Crippen LogP contribution in [0.5, 0.6) is 0 Å². The van der Waals surface area contributed by atoms with Gasteiger partial charge in [-0.15, -0.1) is 0 Å². The molecule has 14 N–H and O–H groups in total. The Morgan fingerprint density at radius 3 is 1.70 bits per heavy atom. The molecule has 36 atom stereocenters. The molecule has 0 aromatic heterocycles. The monoisotopic (exact) mass is 1410 g/mol. The second kappa shape index (κ2) is 29.3. The molecule has 0 aromatic carbocycles. The Morgan fingerprint density at radius 2 is 1.11 bits per heavy atom. The lowest BCUT2D eigenvalue weighted by Gasteiger charge is -2.63. The standard InChI is InChI=1S/C66H102O32/c1-25(2)29(70)14-17-65(8)54-30(71)19-64(7)28-11-12-36-62(4,5)37(15-16-63(36,6)27(28)13-18-66(54,64)61(83)98-65)93-60-53(40(75)35(24-87-60)92-57-44(79)42(77)50(34(22-69)91-57)96-59-47(82)52(85-10)39(74)33(21-68)90-59)97-56-43(78)41(76)48(26(3)88-56)94-55-45(80)49(31(72)23-86-55)95-58-46(81)51(84-9)38(73)32(20-67)89-58/h13,26,28,31-60,67-69,72-82H,1,11-12,14-24H2,2-10H3. The van der Waals surface area contributed by atoms with Crippen LogP contribution in [0.3, 0.4) is 0 Å². The Morgan fingerprint density at radius 1 is 0.582 bits per heavy atom. The minimum atomic E-state index is -2.03. The average Bonchev–Trinajstić information content (AvgIpc) is 1.49. The van der Waals surface area contributed by atoms with Gasteiger partial charge in [-0.2, -0.15) is 0 Å². The number of fused-ring (bicyclic) bond motifs is 4. The van der Waals surface area contributed by atoms with Crippen molar-refractivity contribution in [3.05, 3.63) is 23.8 Å². The second-order valence-corrected chi connectivity index (χ2v) is 30.1. The van der Waals surface area contributed by atoms with Crippen LogP contribution in [0.4, 0.5) is 0 Å². The third-order valence-electron chi connectivity index (χ3n) is 24.0. The van der Waals surface area contributed by atoms with Crippen molar-refractivity contribution in [1.82, 2.24) is 0 Å². The lowest BCUT2D eigenvalue weighted by atomic mass is 9.41. The molecule has 36 unspecified atom stereocenters. The number of ketones is 2. The molecule has 0 amide bonds. The molecule has 32 heteroatoms. The van der Waals surface area contributed by atoms with E-state index in [9.17, 15) is 85.9 Å². The van der Waals surface area contributed by atoms with Crippen LogP contribution in [0, 0.1) is 39.4 Å². The number of hydrogen-bond acceptors (Lipinski definition) is 32. The van der Waals surface area contributed by atoms with Crippen LogP contribution < -0.4 is 0 Å². The fraction of sp³-hybridized carbons (Fsp3) is 0.894. The zero-order valence-electron chi connectivity index (χ0n) is 56.6. The summed E-state index contributed by atoms with van der Waals surface area (Å²) in [6, 6.07) is 0. The lowest BCUT2D eigenvalue weighted by molar-refractivity contribution is -0.394. The molecule has 32 nitrogen and oxygen atoms in total. The number of carbonyl (C=O) groups is 3. The number of esters is 1. The number of carbonyl (C=O) groups excluding carboxylic acids is 3. The van der Waals surface area contributed by atoms with Gasteiger partial charge in [0.2, 0.25) is 0 Å². The van der Waals surface area contributed by atoms with E-state index in [4.69, 9.17) is 71.1 Å². The molecule has 558 valence electrons. The maximum absolute atomic E-state index is 14.5. The van der Waals surface area contributed by atoms with Crippen molar-refractivity contribution < 1.29 is 157 Å². The van der Waals surface area contributed by atoms with E-state index < -0.39 is 250 Å². The molecule has 4 aliphatic carbocycles. The number of hydrogen-bond donors (Lipinski definition) is 14. The molecule has 7 aliphatic heterocycles. The van der Waals surface area contributed by atoms with Crippen LogP contribution in [0.25, 0.3) is 0 Å². The van der Waals surface area contributed by atoms with Crippen LogP contribution in [0.1, 0.15) is 99.8 Å². The van der Waals surface area contributed by atoms with E-state index in [-0.39, 0.29) is 49.1 Å². The van der Waals surface area contributed by atoms with Crippen LogP contribution in [0.15, 0.2) is 23.8 Å². The largest absolute Gasteiger partial charge is 0.458 e. The molecule has 10 fully saturated rings. The fourth-order valence-electron chi connectivity index (χ4n) is 18.6. The van der Waals surface area contributed by atoms with Gasteiger partial charge in [-0.05, 0) is 93.0 Å². The normalized spacial score (nSPS) is 51.7. The molecule has 98 heavy (non-hydrogen) atoms. The predicted octanol–water partition coefficient (Wildman–Crippen LogP) is -4.09. The van der Waals surface area contributed by atoms with E-state index in [2.05, 4.69) is 33.4 Å². The molecule has 0 bridgehead atoms. The Labute approximate surface area is 566 Å². The fourth-order valence-corrected chi connectivity index (χ4v) is 18.6. The number of cyclic esters (lactones) is 1. The van der Waals surface area contributed by atoms with E-state index >= 15 is 0 Å². The number of allylic oxidation sites excluding steroid dienone is 3. The summed E-state index contributed by atoms with van der Waals surface area (Å²) in [4.78, 5) is 41.8. The summed E-state index contributed by atoms with van der Waals surface area (Å²) in [5.41, 5.74) is -2.76. The van der Waals surface area contributed by atoms with Crippen molar-refractivity contribution >= 4 is 17.5 Å². The second-order valence-electron chi connectivity index (χ2n) is 30.1. The molecular formula is C66H102O32. The van der Waals surface area contributed by atoms with Gasteiger partial charge >= 0.3 is 5.97 Å². The predicted molar refractivity (Wildman–Crippen MR) is 325 cm³/mol. The van der Waals surface area contributed by atoms with Crippen LogP contribution in [-0.4, -0.2) is 320 Å². The van der Waals surface area contributed by atoms with Gasteiger partial charge < -0.3 is 143 Å². The first-order valence-corrected chi connectivity index (χ1v) is 34.0. The molecule has 11 rings (SSSR count). The summed E-state index contributed by atoms with van der Waals surface area (Å²) >= 11 is 0. The highest BCUT2D eigenvalue weighted by atomic mass is 16.8. The van der Waals surface area contributed by atoms with Gasteiger partial charge in [-0.3, -0.25) is 14.4 Å². The average molecular weight is 1410 g/mol. The van der Waals surface area contributed by atoms with Gasteiger partial charge in [0.15, 0.2) is 43.5 Å². The minimum Gasteiger partial charge on any atom is -0.458 e. The summed E-state index contributed by atoms with van der Waals surface area (Å²) in [7, 11) is 2.39. The topological polar surface area (TPSA) is 473 Å². The highest BCUT2D eigenvalue weighted by Crippen LogP contribution is 2.75. The van der Waals surface area contributed by atoms with E-state index in [1.807, 2.05) is 6.92 Å². The van der Waals surface area contributed by atoms with Gasteiger partial charge in [0.25, 0.3) is 0 Å². The number of ether oxygens (including phenoxy) is 15. The summed E-state index contributed by atoms with van der Waals surface area (Å²) < 4.78 is 89.5. The quantitative estimate of drug-likeness (QED) is 0.0225. The van der Waals surface area contributed by atoms with E-state index in [1.54, 1.807) is 13.8 Å². The number of rotatable bonds is 21. The zero-order valence-corrected chi connectivity index (χ0v) is 56.6.